The van der Waals surface area contributed by atoms with Crippen LogP contribution in [0, 0.1) is 6.92 Å². The van der Waals surface area contributed by atoms with Crippen molar-refractivity contribution in [3.63, 3.8) is 0 Å². The topological polar surface area (TPSA) is 46.3 Å². The molecule has 0 aromatic heterocycles. The van der Waals surface area contributed by atoms with Crippen molar-refractivity contribution in [3.8, 4) is 0 Å². The molecule has 0 heterocycles. The second-order valence-corrected chi connectivity index (χ2v) is 3.77. The Balaban J connectivity index is 2.54. The number of rotatable bonds is 4. The number of carbonyl (C=O) groups excluding carboxylic acids is 1. The Hall–Kier alpha value is -1.35. The van der Waals surface area contributed by atoms with Gasteiger partial charge < -0.3 is 10.6 Å². The molecule has 3 nitrogen and oxygen atoms in total. The fourth-order valence-corrected chi connectivity index (χ4v) is 1.33. The molecule has 15 heavy (non-hydrogen) atoms. The zero-order valence-electron chi connectivity index (χ0n) is 9.36. The van der Waals surface area contributed by atoms with Crippen LogP contribution in [-0.4, -0.2) is 30.9 Å². The van der Waals surface area contributed by atoms with E-state index in [1.807, 2.05) is 31.2 Å². The molecule has 0 atom stereocenters. The van der Waals surface area contributed by atoms with Crippen molar-refractivity contribution in [2.75, 3.05) is 20.1 Å². The van der Waals surface area contributed by atoms with E-state index in [4.69, 9.17) is 5.73 Å². The van der Waals surface area contributed by atoms with Gasteiger partial charge in [0.1, 0.15) is 0 Å². The first-order valence-electron chi connectivity index (χ1n) is 5.13. The molecule has 1 amide bonds. The highest BCUT2D eigenvalue weighted by Gasteiger charge is 2.07. The van der Waals surface area contributed by atoms with Gasteiger partial charge in [-0.2, -0.15) is 0 Å². The Morgan fingerprint density at radius 1 is 1.33 bits per heavy atom. The molecular formula is C12H18N2O. The van der Waals surface area contributed by atoms with Gasteiger partial charge in [-0.3, -0.25) is 4.79 Å². The molecule has 0 aliphatic rings. The molecule has 0 radical (unpaired) electrons. The average Bonchev–Trinajstić information content (AvgIpc) is 2.22. The van der Waals surface area contributed by atoms with Gasteiger partial charge in [0.25, 0.3) is 0 Å². The summed E-state index contributed by atoms with van der Waals surface area (Å²) < 4.78 is 0. The molecule has 0 spiro atoms. The summed E-state index contributed by atoms with van der Waals surface area (Å²) in [5.74, 6) is 0.115. The highest BCUT2D eigenvalue weighted by Crippen LogP contribution is 2.05. The van der Waals surface area contributed by atoms with Crippen molar-refractivity contribution >= 4 is 5.91 Å². The Bertz CT molecular complexity index is 319. The maximum absolute atomic E-state index is 11.7. The van der Waals surface area contributed by atoms with Gasteiger partial charge in [0.15, 0.2) is 0 Å². The largest absolute Gasteiger partial charge is 0.344 e. The second kappa shape index (κ2) is 5.51. The Morgan fingerprint density at radius 2 is 1.93 bits per heavy atom. The number of nitrogens with zero attached hydrogens (tertiary/aromatic N) is 1. The minimum absolute atomic E-state index is 0.115. The Kier molecular flexibility index (Phi) is 4.31. The van der Waals surface area contributed by atoms with Crippen LogP contribution in [0.1, 0.15) is 11.1 Å². The number of carbonyl (C=O) groups is 1. The first-order chi connectivity index (χ1) is 7.13. The number of likely N-dealkylation sites (N-methyl/N-ethyl adjacent to an activating group) is 1. The lowest BCUT2D eigenvalue weighted by molar-refractivity contribution is -0.129. The van der Waals surface area contributed by atoms with E-state index in [1.54, 1.807) is 11.9 Å². The molecule has 0 unspecified atom stereocenters. The van der Waals surface area contributed by atoms with Crippen molar-refractivity contribution in [2.45, 2.75) is 13.3 Å². The summed E-state index contributed by atoms with van der Waals surface area (Å²) in [6.07, 6.45) is 0.455. The predicted molar refractivity (Wildman–Crippen MR) is 61.6 cm³/mol. The summed E-state index contributed by atoms with van der Waals surface area (Å²) >= 11 is 0. The van der Waals surface area contributed by atoms with Crippen LogP contribution < -0.4 is 5.73 Å². The van der Waals surface area contributed by atoms with E-state index in [-0.39, 0.29) is 5.91 Å². The van der Waals surface area contributed by atoms with Gasteiger partial charge in [-0.25, -0.2) is 0 Å². The zero-order valence-corrected chi connectivity index (χ0v) is 9.36. The summed E-state index contributed by atoms with van der Waals surface area (Å²) in [7, 11) is 1.78. The summed E-state index contributed by atoms with van der Waals surface area (Å²) in [6, 6.07) is 8.02. The maximum Gasteiger partial charge on any atom is 0.226 e. The van der Waals surface area contributed by atoms with E-state index in [9.17, 15) is 4.79 Å². The zero-order chi connectivity index (χ0) is 11.3. The Labute approximate surface area is 90.9 Å². The molecule has 0 aliphatic carbocycles. The van der Waals surface area contributed by atoms with Crippen molar-refractivity contribution < 1.29 is 4.79 Å². The van der Waals surface area contributed by atoms with Crippen LogP contribution in [0.15, 0.2) is 24.3 Å². The molecule has 0 saturated carbocycles. The number of amides is 1. The van der Waals surface area contributed by atoms with E-state index in [0.717, 1.165) is 5.56 Å². The van der Waals surface area contributed by atoms with Crippen LogP contribution in [0.4, 0.5) is 0 Å². The standard InChI is InChI=1S/C12H18N2O/c1-10-3-5-11(6-4-10)9-12(15)14(2)8-7-13/h3-6H,7-9,13H2,1-2H3. The molecule has 1 rings (SSSR count). The monoisotopic (exact) mass is 206 g/mol. The van der Waals surface area contributed by atoms with Crippen LogP contribution in [0.5, 0.6) is 0 Å². The highest BCUT2D eigenvalue weighted by atomic mass is 16.2. The van der Waals surface area contributed by atoms with Crippen molar-refractivity contribution in [2.24, 2.45) is 5.73 Å². The maximum atomic E-state index is 11.7. The molecular weight excluding hydrogens is 188 g/mol. The predicted octanol–water partition coefficient (Wildman–Crippen LogP) is 0.955. The number of nitrogens with two attached hydrogens (primary N) is 1. The molecule has 0 fully saturated rings. The first kappa shape index (κ1) is 11.7. The second-order valence-electron chi connectivity index (χ2n) is 3.77. The van der Waals surface area contributed by atoms with Crippen LogP contribution in [-0.2, 0) is 11.2 Å². The fraction of sp³-hybridized carbons (Fsp3) is 0.417. The van der Waals surface area contributed by atoms with Crippen LogP contribution in [0.2, 0.25) is 0 Å². The van der Waals surface area contributed by atoms with Gasteiger partial charge in [-0.15, -0.1) is 0 Å². The van der Waals surface area contributed by atoms with Gasteiger partial charge >= 0.3 is 0 Å². The van der Waals surface area contributed by atoms with Gasteiger partial charge in [0, 0.05) is 20.1 Å². The Morgan fingerprint density at radius 3 is 2.47 bits per heavy atom. The molecule has 2 N–H and O–H groups in total. The van der Waals surface area contributed by atoms with Gasteiger partial charge in [0.2, 0.25) is 5.91 Å². The number of hydrogen-bond acceptors (Lipinski definition) is 2. The first-order valence-corrected chi connectivity index (χ1v) is 5.13. The van der Waals surface area contributed by atoms with Gasteiger partial charge in [-0.1, -0.05) is 29.8 Å². The van der Waals surface area contributed by atoms with E-state index in [0.29, 0.717) is 19.5 Å². The number of hydrogen-bond donors (Lipinski definition) is 1. The third kappa shape index (κ3) is 3.72. The van der Waals surface area contributed by atoms with Crippen molar-refractivity contribution in [1.29, 1.82) is 0 Å². The normalized spacial score (nSPS) is 10.1. The van der Waals surface area contributed by atoms with E-state index < -0.39 is 0 Å². The van der Waals surface area contributed by atoms with Crippen LogP contribution in [0.25, 0.3) is 0 Å². The third-order valence-electron chi connectivity index (χ3n) is 2.37. The van der Waals surface area contributed by atoms with E-state index in [2.05, 4.69) is 0 Å². The smallest absolute Gasteiger partial charge is 0.226 e. The van der Waals surface area contributed by atoms with E-state index >= 15 is 0 Å². The molecule has 3 heteroatoms. The summed E-state index contributed by atoms with van der Waals surface area (Å²) in [5, 5.41) is 0. The minimum atomic E-state index is 0.115. The summed E-state index contributed by atoms with van der Waals surface area (Å²) in [4.78, 5) is 13.3. The molecule has 82 valence electrons. The molecule has 0 saturated heterocycles. The summed E-state index contributed by atoms with van der Waals surface area (Å²) in [6.45, 7) is 3.16. The average molecular weight is 206 g/mol. The van der Waals surface area contributed by atoms with E-state index in [1.165, 1.54) is 5.56 Å². The van der Waals surface area contributed by atoms with Crippen molar-refractivity contribution in [3.05, 3.63) is 35.4 Å². The number of aryl methyl sites for hydroxylation is 1. The SMILES string of the molecule is Cc1ccc(CC(=O)N(C)CCN)cc1. The highest BCUT2D eigenvalue weighted by molar-refractivity contribution is 5.78. The fourth-order valence-electron chi connectivity index (χ4n) is 1.33. The molecule has 1 aromatic carbocycles. The summed E-state index contributed by atoms with van der Waals surface area (Å²) in [5.41, 5.74) is 7.65. The lowest BCUT2D eigenvalue weighted by Gasteiger charge is -2.15. The van der Waals surface area contributed by atoms with Gasteiger partial charge in [-0.05, 0) is 12.5 Å². The lowest BCUT2D eigenvalue weighted by Crippen LogP contribution is -2.32. The molecule has 1 aromatic rings. The molecule has 0 aliphatic heterocycles. The van der Waals surface area contributed by atoms with Gasteiger partial charge in [0.05, 0.1) is 6.42 Å². The van der Waals surface area contributed by atoms with Crippen molar-refractivity contribution in [1.82, 2.24) is 4.90 Å². The molecule has 0 bridgehead atoms. The number of benzene rings is 1. The minimum Gasteiger partial charge on any atom is -0.344 e. The third-order valence-corrected chi connectivity index (χ3v) is 2.37. The quantitative estimate of drug-likeness (QED) is 0.797. The van der Waals surface area contributed by atoms with Crippen LogP contribution in [0.3, 0.4) is 0 Å². The van der Waals surface area contributed by atoms with Crippen LogP contribution >= 0.6 is 0 Å². The lowest BCUT2D eigenvalue weighted by atomic mass is 10.1.